The molecule has 0 saturated carbocycles. The molecule has 0 aliphatic carbocycles. The van der Waals surface area contributed by atoms with Gasteiger partial charge in [-0.25, -0.2) is 0 Å². The smallest absolute Gasteiger partial charge is 0.300 e. The summed E-state index contributed by atoms with van der Waals surface area (Å²) >= 11 is 1.24. The lowest BCUT2D eigenvalue weighted by Gasteiger charge is -2.07. The zero-order valence-electron chi connectivity index (χ0n) is 19.0. The molecule has 4 rings (SSSR count). The van der Waals surface area contributed by atoms with Crippen LogP contribution in [0.4, 0.5) is 0 Å². The normalized spacial score (nSPS) is 11.0. The highest BCUT2D eigenvalue weighted by Gasteiger charge is 2.14. The van der Waals surface area contributed by atoms with Crippen LogP contribution in [0.5, 0.6) is 17.2 Å². The number of methoxy groups -OCH3 is 2. The van der Waals surface area contributed by atoms with Crippen molar-refractivity contribution in [1.82, 2.24) is 14.6 Å². The minimum atomic E-state index is -0.833. The zero-order chi connectivity index (χ0) is 25.5. The fourth-order valence-corrected chi connectivity index (χ4v) is 3.81. The highest BCUT2D eigenvalue weighted by atomic mass is 32.1. The molecule has 0 aliphatic rings. The standard InChI is InChI=1S/C21H18N4O5S.C2H4O2/c1-28-15-8-5-13(10-16(15)29-2)19-23-21-25(24-19)20(27)17(31-21)9-12-3-6-14(7-4-12)30-11-18(22)26;1-2(3)4/h3-10H,11H2,1-2H3,(H2,22,26);1H3,(H,3,4). The van der Waals surface area contributed by atoms with E-state index in [0.29, 0.717) is 38.1 Å². The average molecular weight is 499 g/mol. The Hall–Kier alpha value is -4.45. The van der Waals surface area contributed by atoms with Crippen LogP contribution in [-0.4, -0.2) is 52.4 Å². The van der Waals surface area contributed by atoms with Gasteiger partial charge in [-0.1, -0.05) is 23.5 Å². The van der Waals surface area contributed by atoms with Crippen molar-refractivity contribution in [3.05, 3.63) is 62.9 Å². The van der Waals surface area contributed by atoms with E-state index in [1.54, 1.807) is 62.8 Å². The van der Waals surface area contributed by atoms with Gasteiger partial charge in [0.2, 0.25) is 4.96 Å². The number of amides is 1. The molecule has 1 amide bonds. The van der Waals surface area contributed by atoms with Crippen LogP contribution < -0.4 is 30.0 Å². The number of fused-ring (bicyclic) bond motifs is 1. The lowest BCUT2D eigenvalue weighted by atomic mass is 10.2. The molecule has 0 radical (unpaired) electrons. The van der Waals surface area contributed by atoms with Crippen molar-refractivity contribution in [3.63, 3.8) is 0 Å². The summed E-state index contributed by atoms with van der Waals surface area (Å²) in [4.78, 5) is 37.5. The fraction of sp³-hybridized carbons (Fsp3) is 0.174. The summed E-state index contributed by atoms with van der Waals surface area (Å²) in [6.07, 6.45) is 1.75. The maximum absolute atomic E-state index is 12.8. The first-order valence-corrected chi connectivity index (χ1v) is 10.9. The van der Waals surface area contributed by atoms with Crippen LogP contribution in [0.2, 0.25) is 0 Å². The van der Waals surface area contributed by atoms with Crippen molar-refractivity contribution in [2.24, 2.45) is 5.73 Å². The summed E-state index contributed by atoms with van der Waals surface area (Å²) in [6, 6.07) is 12.3. The van der Waals surface area contributed by atoms with Gasteiger partial charge in [-0.3, -0.25) is 14.4 Å². The molecule has 0 unspecified atom stereocenters. The van der Waals surface area contributed by atoms with Gasteiger partial charge in [0.05, 0.1) is 18.8 Å². The highest BCUT2D eigenvalue weighted by molar-refractivity contribution is 7.15. The summed E-state index contributed by atoms with van der Waals surface area (Å²) in [5, 5.41) is 11.8. The maximum atomic E-state index is 12.8. The fourth-order valence-electron chi connectivity index (χ4n) is 2.90. The molecular formula is C23H22N4O7S. The topological polar surface area (TPSA) is 155 Å². The van der Waals surface area contributed by atoms with Crippen LogP contribution in [0.3, 0.4) is 0 Å². The molecule has 0 fully saturated rings. The summed E-state index contributed by atoms with van der Waals surface area (Å²) < 4.78 is 17.6. The second-order valence-electron chi connectivity index (χ2n) is 6.96. The molecule has 2 aromatic heterocycles. The molecule has 182 valence electrons. The number of nitrogens with zero attached hydrogens (tertiary/aromatic N) is 3. The molecule has 0 bridgehead atoms. The van der Waals surface area contributed by atoms with Gasteiger partial charge >= 0.3 is 0 Å². The Balaban J connectivity index is 0.000000795. The van der Waals surface area contributed by atoms with Crippen LogP contribution in [0.15, 0.2) is 47.3 Å². The Morgan fingerprint density at radius 2 is 1.77 bits per heavy atom. The number of thiazole rings is 1. The molecule has 0 atom stereocenters. The van der Waals surface area contributed by atoms with E-state index in [0.717, 1.165) is 12.5 Å². The number of aliphatic carboxylic acids is 1. The molecule has 4 aromatic rings. The van der Waals surface area contributed by atoms with Crippen LogP contribution >= 0.6 is 11.3 Å². The molecule has 2 heterocycles. The van der Waals surface area contributed by atoms with E-state index in [9.17, 15) is 9.59 Å². The molecule has 2 aromatic carbocycles. The molecule has 12 heteroatoms. The molecule has 0 aliphatic heterocycles. The van der Waals surface area contributed by atoms with E-state index >= 15 is 0 Å². The van der Waals surface area contributed by atoms with E-state index in [2.05, 4.69) is 10.1 Å². The summed E-state index contributed by atoms with van der Waals surface area (Å²) in [5.41, 5.74) is 6.32. The number of carbonyl (C=O) groups is 2. The Morgan fingerprint density at radius 1 is 1.11 bits per heavy atom. The second-order valence-corrected chi connectivity index (χ2v) is 7.97. The average Bonchev–Trinajstić information content (AvgIpc) is 3.37. The number of carboxylic acid groups (broad SMARTS) is 1. The molecule has 11 nitrogen and oxygen atoms in total. The van der Waals surface area contributed by atoms with Gasteiger partial charge in [-0.05, 0) is 42.0 Å². The lowest BCUT2D eigenvalue weighted by molar-refractivity contribution is -0.134. The Kier molecular flexibility index (Phi) is 8.00. The van der Waals surface area contributed by atoms with Crippen LogP contribution in [0.1, 0.15) is 12.5 Å². The predicted octanol–water partition coefficient (Wildman–Crippen LogP) is 1.34. The van der Waals surface area contributed by atoms with Crippen molar-refractivity contribution >= 4 is 34.3 Å². The third kappa shape index (κ3) is 6.32. The van der Waals surface area contributed by atoms with Gasteiger partial charge in [0.15, 0.2) is 23.9 Å². The summed E-state index contributed by atoms with van der Waals surface area (Å²) in [6.45, 7) is 0.893. The number of primary amides is 1. The molecular weight excluding hydrogens is 476 g/mol. The molecule has 3 N–H and O–H groups in total. The third-order valence-corrected chi connectivity index (χ3v) is 5.34. The molecule has 0 spiro atoms. The van der Waals surface area contributed by atoms with Gasteiger partial charge in [-0.15, -0.1) is 5.10 Å². The van der Waals surface area contributed by atoms with Crippen molar-refractivity contribution < 1.29 is 28.9 Å². The van der Waals surface area contributed by atoms with Crippen molar-refractivity contribution in [1.29, 1.82) is 0 Å². The second kappa shape index (κ2) is 11.1. The SMILES string of the molecule is CC(=O)O.COc1ccc(-c2nc3sc(=Cc4ccc(OCC(N)=O)cc4)c(=O)n3n2)cc1OC. The Bertz CT molecular complexity index is 1460. The number of hydrogen-bond acceptors (Lipinski definition) is 9. The number of ether oxygens (including phenoxy) is 3. The van der Waals surface area contributed by atoms with E-state index in [-0.39, 0.29) is 12.2 Å². The van der Waals surface area contributed by atoms with E-state index in [1.807, 2.05) is 0 Å². The van der Waals surface area contributed by atoms with E-state index in [1.165, 1.54) is 15.9 Å². The number of carbonyl (C=O) groups excluding carboxylic acids is 1. The first-order valence-electron chi connectivity index (χ1n) is 10.1. The van der Waals surface area contributed by atoms with Crippen molar-refractivity contribution in [2.75, 3.05) is 20.8 Å². The van der Waals surface area contributed by atoms with Gasteiger partial charge in [0, 0.05) is 12.5 Å². The Labute approximate surface area is 203 Å². The van der Waals surface area contributed by atoms with Crippen LogP contribution in [0, 0.1) is 0 Å². The van der Waals surface area contributed by atoms with Gasteiger partial charge in [0.1, 0.15) is 5.75 Å². The highest BCUT2D eigenvalue weighted by Crippen LogP contribution is 2.31. The quantitative estimate of drug-likeness (QED) is 0.384. The summed E-state index contributed by atoms with van der Waals surface area (Å²) in [5.74, 6) is 0.707. The zero-order valence-corrected chi connectivity index (χ0v) is 19.9. The number of carboxylic acids is 1. The number of hydrogen-bond donors (Lipinski definition) is 2. The minimum Gasteiger partial charge on any atom is -0.493 e. The van der Waals surface area contributed by atoms with Gasteiger partial charge in [-0.2, -0.15) is 9.50 Å². The Morgan fingerprint density at radius 3 is 2.34 bits per heavy atom. The van der Waals surface area contributed by atoms with Crippen molar-refractivity contribution in [2.45, 2.75) is 6.92 Å². The van der Waals surface area contributed by atoms with E-state index in [4.69, 9.17) is 29.8 Å². The van der Waals surface area contributed by atoms with Gasteiger partial charge < -0.3 is 25.1 Å². The first kappa shape index (κ1) is 25.2. The monoisotopic (exact) mass is 498 g/mol. The third-order valence-electron chi connectivity index (χ3n) is 4.38. The summed E-state index contributed by atoms with van der Waals surface area (Å²) in [7, 11) is 3.11. The number of benzene rings is 2. The molecule has 35 heavy (non-hydrogen) atoms. The number of nitrogens with two attached hydrogens (primary N) is 1. The van der Waals surface area contributed by atoms with Crippen molar-refractivity contribution in [3.8, 4) is 28.6 Å². The maximum Gasteiger partial charge on any atom is 0.300 e. The first-order chi connectivity index (χ1) is 16.7. The van der Waals surface area contributed by atoms with E-state index < -0.39 is 11.9 Å². The predicted molar refractivity (Wildman–Crippen MR) is 129 cm³/mol. The van der Waals surface area contributed by atoms with Crippen LogP contribution in [0.25, 0.3) is 22.4 Å². The minimum absolute atomic E-state index is 0.191. The van der Waals surface area contributed by atoms with Gasteiger partial charge in [0.25, 0.3) is 17.4 Å². The number of rotatable bonds is 7. The lowest BCUT2D eigenvalue weighted by Crippen LogP contribution is -2.23. The van der Waals surface area contributed by atoms with Crippen LogP contribution in [-0.2, 0) is 9.59 Å². The largest absolute Gasteiger partial charge is 0.493 e. The number of aromatic nitrogens is 3. The molecule has 0 saturated heterocycles.